The fraction of sp³-hybridized carbons (Fsp3) is 0.348. The maximum Gasteiger partial charge on any atom is 0.136 e. The molecule has 156 valence electrons. The number of hydrogen-bond acceptors (Lipinski definition) is 6. The molecule has 0 saturated carbocycles. The molecule has 30 heavy (non-hydrogen) atoms. The highest BCUT2D eigenvalue weighted by molar-refractivity contribution is 5.86. The molecule has 0 radical (unpaired) electrons. The van der Waals surface area contributed by atoms with Crippen molar-refractivity contribution in [2.45, 2.75) is 38.4 Å². The lowest BCUT2D eigenvalue weighted by molar-refractivity contribution is -0.0163. The summed E-state index contributed by atoms with van der Waals surface area (Å²) < 4.78 is 20.4. The highest BCUT2D eigenvalue weighted by atomic mass is 19.1. The molecule has 5 rings (SSSR count). The second-order valence-corrected chi connectivity index (χ2v) is 8.33. The molecule has 2 unspecified atom stereocenters. The zero-order chi connectivity index (χ0) is 21.0. The van der Waals surface area contributed by atoms with Gasteiger partial charge in [-0.05, 0) is 30.5 Å². The first-order valence-corrected chi connectivity index (χ1v) is 10.1. The Morgan fingerprint density at radius 3 is 2.70 bits per heavy atom. The van der Waals surface area contributed by atoms with Crippen molar-refractivity contribution in [3.8, 4) is 0 Å². The quantitative estimate of drug-likeness (QED) is 0.616. The van der Waals surface area contributed by atoms with Gasteiger partial charge in [-0.15, -0.1) is 0 Å². The molecule has 0 bridgehead atoms. The Labute approximate surface area is 173 Å². The minimum atomic E-state index is -1.18. The Hall–Kier alpha value is -2.58. The Balaban J connectivity index is 1.48. The number of aliphatic hydroxyl groups is 2. The summed E-state index contributed by atoms with van der Waals surface area (Å²) in [5.74, 6) is -0.197. The monoisotopic (exact) mass is 409 g/mol. The molecule has 7 heteroatoms. The van der Waals surface area contributed by atoms with E-state index in [-0.39, 0.29) is 12.1 Å². The molecular formula is C23H24FN3O3. The summed E-state index contributed by atoms with van der Waals surface area (Å²) in [7, 11) is 0. The first-order chi connectivity index (χ1) is 14.4. The number of aliphatic hydroxyl groups excluding tert-OH is 1. The normalized spacial score (nSPS) is 22.5. The van der Waals surface area contributed by atoms with Crippen LogP contribution in [0.15, 0.2) is 36.4 Å². The zero-order valence-electron chi connectivity index (χ0n) is 16.7. The number of anilines is 1. The number of likely N-dealkylation sites (tertiary alicyclic amines) is 1. The minimum absolute atomic E-state index is 0.163. The average molecular weight is 409 g/mol. The van der Waals surface area contributed by atoms with Crippen LogP contribution in [0.5, 0.6) is 0 Å². The third kappa shape index (κ3) is 3.06. The van der Waals surface area contributed by atoms with Crippen LogP contribution in [-0.4, -0.2) is 33.2 Å². The predicted octanol–water partition coefficient (Wildman–Crippen LogP) is 2.88. The van der Waals surface area contributed by atoms with Crippen LogP contribution < -0.4 is 5.73 Å². The smallest absolute Gasteiger partial charge is 0.136 e. The van der Waals surface area contributed by atoms with Crippen LogP contribution in [0, 0.1) is 12.7 Å². The van der Waals surface area contributed by atoms with Gasteiger partial charge in [0.2, 0.25) is 0 Å². The van der Waals surface area contributed by atoms with E-state index in [1.165, 1.54) is 6.07 Å². The number of β-amino-alcohol motifs (C(OH)–C–C–N with tert-alkyl or cyclic N) is 1. The Morgan fingerprint density at radius 2 is 1.93 bits per heavy atom. The molecule has 3 heterocycles. The van der Waals surface area contributed by atoms with Gasteiger partial charge in [0.25, 0.3) is 0 Å². The van der Waals surface area contributed by atoms with Crippen molar-refractivity contribution in [3.63, 3.8) is 0 Å². The van der Waals surface area contributed by atoms with Crippen molar-refractivity contribution in [1.82, 2.24) is 9.88 Å². The van der Waals surface area contributed by atoms with Crippen molar-refractivity contribution >= 4 is 16.7 Å². The summed E-state index contributed by atoms with van der Waals surface area (Å²) in [5, 5.41) is 22.9. The maximum absolute atomic E-state index is 14.9. The van der Waals surface area contributed by atoms with Crippen molar-refractivity contribution < 1.29 is 19.3 Å². The molecule has 0 aliphatic carbocycles. The first-order valence-electron chi connectivity index (χ1n) is 10.1. The van der Waals surface area contributed by atoms with Crippen molar-refractivity contribution in [2.24, 2.45) is 0 Å². The van der Waals surface area contributed by atoms with Crippen molar-refractivity contribution in [3.05, 3.63) is 70.0 Å². The van der Waals surface area contributed by atoms with E-state index in [2.05, 4.69) is 4.98 Å². The molecule has 2 aliphatic rings. The van der Waals surface area contributed by atoms with Crippen LogP contribution in [0.1, 0.15) is 40.5 Å². The number of benzene rings is 2. The van der Waals surface area contributed by atoms with Crippen LogP contribution in [0.25, 0.3) is 10.9 Å². The van der Waals surface area contributed by atoms with Gasteiger partial charge in [-0.1, -0.05) is 29.8 Å². The standard InChI is InChI=1S/C23H24FN3O3/c1-13-2-4-14(5-3-13)23(29)6-7-27(12-23)22(28)16-8-15-17-10-30-11-18(17)21(25)26-20(15)9-19(16)24/h2-5,8-9,22,28-29H,6-7,10-12H2,1H3,(H2,25,26). The number of halogens is 1. The largest absolute Gasteiger partial charge is 0.384 e. The summed E-state index contributed by atoms with van der Waals surface area (Å²) in [4.78, 5) is 6.00. The summed E-state index contributed by atoms with van der Waals surface area (Å²) in [6.45, 7) is 3.43. The van der Waals surface area contributed by atoms with Gasteiger partial charge in [-0.2, -0.15) is 0 Å². The summed E-state index contributed by atoms with van der Waals surface area (Å²) in [5.41, 5.74) is 9.15. The van der Waals surface area contributed by atoms with E-state index < -0.39 is 17.6 Å². The molecule has 2 aromatic carbocycles. The second kappa shape index (κ2) is 6.99. The van der Waals surface area contributed by atoms with E-state index in [1.54, 1.807) is 11.0 Å². The minimum Gasteiger partial charge on any atom is -0.384 e. The second-order valence-electron chi connectivity index (χ2n) is 8.33. The number of pyridine rings is 1. The lowest BCUT2D eigenvalue weighted by atomic mass is 9.92. The molecule has 1 saturated heterocycles. The van der Waals surface area contributed by atoms with Gasteiger partial charge < -0.3 is 20.7 Å². The van der Waals surface area contributed by atoms with E-state index >= 15 is 0 Å². The average Bonchev–Trinajstić information content (AvgIpc) is 3.36. The van der Waals surface area contributed by atoms with Crippen molar-refractivity contribution in [1.29, 1.82) is 0 Å². The number of aryl methyl sites for hydroxylation is 1. The number of rotatable bonds is 3. The van der Waals surface area contributed by atoms with Gasteiger partial charge in [0.05, 0.1) is 18.7 Å². The molecular weight excluding hydrogens is 385 g/mol. The molecule has 0 amide bonds. The summed E-state index contributed by atoms with van der Waals surface area (Å²) >= 11 is 0. The number of fused-ring (bicyclic) bond motifs is 3. The zero-order valence-corrected chi connectivity index (χ0v) is 16.7. The van der Waals surface area contributed by atoms with E-state index in [9.17, 15) is 14.6 Å². The van der Waals surface area contributed by atoms with Gasteiger partial charge in [0.1, 0.15) is 23.5 Å². The first kappa shape index (κ1) is 19.4. The number of aromatic nitrogens is 1. The molecule has 1 fully saturated rings. The van der Waals surface area contributed by atoms with Crippen LogP contribution >= 0.6 is 0 Å². The van der Waals surface area contributed by atoms with Gasteiger partial charge in [-0.25, -0.2) is 9.37 Å². The maximum atomic E-state index is 14.9. The molecule has 1 aromatic heterocycles. The predicted molar refractivity (Wildman–Crippen MR) is 111 cm³/mol. The SMILES string of the molecule is Cc1ccc(C2(O)CCN(C(O)c3cc4c5c(c(N)nc4cc3F)COC5)C2)cc1. The van der Waals surface area contributed by atoms with E-state index in [4.69, 9.17) is 10.5 Å². The van der Waals surface area contributed by atoms with E-state index in [0.29, 0.717) is 37.5 Å². The lowest BCUT2D eigenvalue weighted by Gasteiger charge is -2.27. The van der Waals surface area contributed by atoms with Crippen LogP contribution in [0.3, 0.4) is 0 Å². The Morgan fingerprint density at radius 1 is 1.20 bits per heavy atom. The number of nitrogen functional groups attached to an aromatic ring is 1. The molecule has 4 N–H and O–H groups in total. The van der Waals surface area contributed by atoms with Gasteiger partial charge >= 0.3 is 0 Å². The highest BCUT2D eigenvalue weighted by Crippen LogP contribution is 2.38. The van der Waals surface area contributed by atoms with Crippen LogP contribution in [-0.2, 0) is 23.6 Å². The molecule has 3 aromatic rings. The fourth-order valence-electron chi connectivity index (χ4n) is 4.53. The van der Waals surface area contributed by atoms with Gasteiger partial charge in [0, 0.05) is 35.7 Å². The number of nitrogens with zero attached hydrogens (tertiary/aromatic N) is 2. The van der Waals surface area contributed by atoms with E-state index in [1.807, 2.05) is 31.2 Å². The van der Waals surface area contributed by atoms with Gasteiger partial charge in [0.15, 0.2) is 0 Å². The fourth-order valence-corrected chi connectivity index (χ4v) is 4.53. The van der Waals surface area contributed by atoms with Crippen LogP contribution in [0.2, 0.25) is 0 Å². The van der Waals surface area contributed by atoms with Crippen molar-refractivity contribution in [2.75, 3.05) is 18.8 Å². The highest BCUT2D eigenvalue weighted by Gasteiger charge is 2.40. The van der Waals surface area contributed by atoms with E-state index in [0.717, 1.165) is 27.6 Å². The topological polar surface area (TPSA) is 91.8 Å². The number of ether oxygens (including phenoxy) is 1. The molecule has 6 nitrogen and oxygen atoms in total. The third-order valence-corrected chi connectivity index (χ3v) is 6.34. The summed E-state index contributed by atoms with van der Waals surface area (Å²) in [6.07, 6.45) is -0.715. The summed E-state index contributed by atoms with van der Waals surface area (Å²) in [6, 6.07) is 10.7. The van der Waals surface area contributed by atoms with Crippen LogP contribution in [0.4, 0.5) is 10.2 Å². The lowest BCUT2D eigenvalue weighted by Crippen LogP contribution is -2.33. The third-order valence-electron chi connectivity index (χ3n) is 6.34. The van der Waals surface area contributed by atoms with Gasteiger partial charge in [-0.3, -0.25) is 4.90 Å². The Bertz CT molecular complexity index is 1130. The molecule has 2 aliphatic heterocycles. The Kier molecular flexibility index (Phi) is 4.52. The molecule has 2 atom stereocenters. The number of nitrogens with two attached hydrogens (primary N) is 1. The number of hydrogen-bond donors (Lipinski definition) is 3. The molecule has 0 spiro atoms.